The molecule has 1 atom stereocenters. The first-order valence-corrected chi connectivity index (χ1v) is 9.55. The van der Waals surface area contributed by atoms with E-state index < -0.39 is 0 Å². The van der Waals surface area contributed by atoms with Crippen LogP contribution in [0.25, 0.3) is 11.3 Å². The molecule has 1 aliphatic rings. The summed E-state index contributed by atoms with van der Waals surface area (Å²) in [7, 11) is 1.64. The van der Waals surface area contributed by atoms with E-state index in [1.807, 2.05) is 30.3 Å². The van der Waals surface area contributed by atoms with Crippen molar-refractivity contribution in [3.05, 3.63) is 42.4 Å². The molecule has 1 fully saturated rings. The van der Waals surface area contributed by atoms with Crippen LogP contribution in [0, 0.1) is 11.3 Å². The largest absolute Gasteiger partial charge is 0.496 e. The summed E-state index contributed by atoms with van der Waals surface area (Å²) >= 11 is 0. The van der Waals surface area contributed by atoms with Crippen molar-refractivity contribution < 1.29 is 9.47 Å². The third kappa shape index (κ3) is 4.48. The quantitative estimate of drug-likeness (QED) is 0.464. The van der Waals surface area contributed by atoms with Crippen molar-refractivity contribution in [3.63, 3.8) is 0 Å². The fourth-order valence-electron chi connectivity index (χ4n) is 3.20. The number of hydrogen-bond donors (Lipinski definition) is 4. The number of aromatic nitrogens is 4. The maximum absolute atomic E-state index is 8.83. The molecule has 0 aliphatic carbocycles. The Morgan fingerprint density at radius 1 is 1.30 bits per heavy atom. The SMILES string of the molecule is COc1cccc(NC[C@@H]2CNCCO2)c1-c1cc(Nc2cnc(C#N)cn2)n[nH]1. The van der Waals surface area contributed by atoms with Crippen LogP contribution in [0.15, 0.2) is 36.7 Å². The fraction of sp³-hybridized carbons (Fsp3) is 0.300. The van der Waals surface area contributed by atoms with E-state index in [0.717, 1.165) is 35.8 Å². The van der Waals surface area contributed by atoms with Crippen molar-refractivity contribution in [2.24, 2.45) is 0 Å². The fourth-order valence-corrected chi connectivity index (χ4v) is 3.20. The lowest BCUT2D eigenvalue weighted by molar-refractivity contribution is 0.0372. The van der Waals surface area contributed by atoms with Crippen molar-refractivity contribution >= 4 is 17.3 Å². The second-order valence-corrected chi connectivity index (χ2v) is 6.65. The highest BCUT2D eigenvalue weighted by molar-refractivity contribution is 5.82. The van der Waals surface area contributed by atoms with E-state index in [-0.39, 0.29) is 11.8 Å². The van der Waals surface area contributed by atoms with Crippen LogP contribution >= 0.6 is 0 Å². The van der Waals surface area contributed by atoms with Crippen LogP contribution in [-0.2, 0) is 4.74 Å². The second-order valence-electron chi connectivity index (χ2n) is 6.65. The molecule has 0 radical (unpaired) electrons. The van der Waals surface area contributed by atoms with Crippen LogP contribution in [0.2, 0.25) is 0 Å². The molecule has 0 spiro atoms. The molecule has 0 unspecified atom stereocenters. The number of methoxy groups -OCH3 is 1. The lowest BCUT2D eigenvalue weighted by atomic mass is 10.1. The summed E-state index contributed by atoms with van der Waals surface area (Å²) in [5.74, 6) is 1.78. The van der Waals surface area contributed by atoms with Gasteiger partial charge in [-0.2, -0.15) is 10.4 Å². The lowest BCUT2D eigenvalue weighted by Gasteiger charge is -2.25. The molecule has 0 saturated carbocycles. The van der Waals surface area contributed by atoms with Gasteiger partial charge in [0.15, 0.2) is 11.5 Å². The number of nitriles is 1. The molecule has 3 heterocycles. The summed E-state index contributed by atoms with van der Waals surface area (Å²) in [5, 5.41) is 26.0. The molecule has 4 N–H and O–H groups in total. The molecule has 10 heteroatoms. The Hall–Kier alpha value is -3.68. The predicted octanol–water partition coefficient (Wildman–Crippen LogP) is 1.89. The van der Waals surface area contributed by atoms with Gasteiger partial charge < -0.3 is 25.4 Å². The number of anilines is 3. The van der Waals surface area contributed by atoms with E-state index >= 15 is 0 Å². The molecule has 0 bridgehead atoms. The van der Waals surface area contributed by atoms with Crippen LogP contribution < -0.4 is 20.7 Å². The molecule has 0 amide bonds. The van der Waals surface area contributed by atoms with Crippen molar-refractivity contribution in [1.29, 1.82) is 5.26 Å². The summed E-state index contributed by atoms with van der Waals surface area (Å²) in [4.78, 5) is 8.15. The van der Waals surface area contributed by atoms with Gasteiger partial charge in [-0.15, -0.1) is 0 Å². The van der Waals surface area contributed by atoms with Gasteiger partial charge in [0, 0.05) is 31.4 Å². The van der Waals surface area contributed by atoms with Gasteiger partial charge in [0.05, 0.1) is 43.5 Å². The number of aromatic amines is 1. The van der Waals surface area contributed by atoms with Crippen LogP contribution in [0.1, 0.15) is 5.69 Å². The zero-order valence-corrected chi connectivity index (χ0v) is 16.5. The van der Waals surface area contributed by atoms with E-state index in [9.17, 15) is 0 Å². The predicted molar refractivity (Wildman–Crippen MR) is 112 cm³/mol. The molecule has 10 nitrogen and oxygen atoms in total. The number of nitrogens with one attached hydrogen (secondary N) is 4. The first-order chi connectivity index (χ1) is 14.8. The van der Waals surface area contributed by atoms with Gasteiger partial charge >= 0.3 is 0 Å². The molecule has 30 heavy (non-hydrogen) atoms. The highest BCUT2D eigenvalue weighted by Crippen LogP contribution is 2.36. The van der Waals surface area contributed by atoms with Gasteiger partial charge in [-0.3, -0.25) is 5.10 Å². The summed E-state index contributed by atoms with van der Waals surface area (Å²) in [6, 6.07) is 9.64. The van der Waals surface area contributed by atoms with Crippen molar-refractivity contribution in [1.82, 2.24) is 25.5 Å². The summed E-state index contributed by atoms with van der Waals surface area (Å²) in [6.45, 7) is 3.09. The van der Waals surface area contributed by atoms with Gasteiger partial charge in [0.2, 0.25) is 0 Å². The Labute approximate surface area is 173 Å². The molecular weight excluding hydrogens is 384 g/mol. The van der Waals surface area contributed by atoms with Crippen molar-refractivity contribution in [2.75, 3.05) is 44.0 Å². The first kappa shape index (κ1) is 19.6. The Bertz CT molecular complexity index is 1020. The Morgan fingerprint density at radius 3 is 2.97 bits per heavy atom. The molecule has 154 valence electrons. The third-order valence-corrected chi connectivity index (χ3v) is 4.64. The van der Waals surface area contributed by atoms with Crippen molar-refractivity contribution in [2.45, 2.75) is 6.10 Å². The van der Waals surface area contributed by atoms with E-state index in [4.69, 9.17) is 14.7 Å². The summed E-state index contributed by atoms with van der Waals surface area (Å²) in [6.07, 6.45) is 2.99. The summed E-state index contributed by atoms with van der Waals surface area (Å²) in [5.41, 5.74) is 2.82. The maximum atomic E-state index is 8.83. The zero-order chi connectivity index (χ0) is 20.8. The number of ether oxygens (including phenoxy) is 2. The normalized spacial score (nSPS) is 15.9. The minimum Gasteiger partial charge on any atom is -0.496 e. The maximum Gasteiger partial charge on any atom is 0.158 e. The molecular formula is C20H22N8O2. The highest BCUT2D eigenvalue weighted by Gasteiger charge is 2.17. The van der Waals surface area contributed by atoms with Gasteiger partial charge in [-0.25, -0.2) is 9.97 Å². The van der Waals surface area contributed by atoms with Crippen LogP contribution in [0.3, 0.4) is 0 Å². The zero-order valence-electron chi connectivity index (χ0n) is 16.5. The van der Waals surface area contributed by atoms with E-state index in [2.05, 4.69) is 36.1 Å². The Kier molecular flexibility index (Phi) is 6.03. The van der Waals surface area contributed by atoms with E-state index in [1.54, 1.807) is 7.11 Å². The van der Waals surface area contributed by atoms with Crippen LogP contribution in [0.5, 0.6) is 5.75 Å². The average Bonchev–Trinajstić information content (AvgIpc) is 3.26. The average molecular weight is 406 g/mol. The molecule has 1 aromatic carbocycles. The number of H-pyrrole nitrogens is 1. The van der Waals surface area contributed by atoms with E-state index in [0.29, 0.717) is 24.8 Å². The minimum atomic E-state index is 0.103. The monoisotopic (exact) mass is 406 g/mol. The van der Waals surface area contributed by atoms with Gasteiger partial charge in [0.25, 0.3) is 0 Å². The molecule has 1 aliphatic heterocycles. The Morgan fingerprint density at radius 2 is 2.23 bits per heavy atom. The standard InChI is InChI=1S/C20H22N8O2/c1-29-17-4-2-3-15(24-11-14-10-22-5-6-30-14)20(17)16-7-18(28-27-16)26-19-12-23-13(8-21)9-25-19/h2-4,7,9,12,14,22,24H,5-6,10-11H2,1H3,(H2,25,26,27,28)/t14-/m0/s1. The molecule has 2 aromatic heterocycles. The smallest absolute Gasteiger partial charge is 0.158 e. The number of morpholine rings is 1. The third-order valence-electron chi connectivity index (χ3n) is 4.64. The van der Waals surface area contributed by atoms with Crippen LogP contribution in [0.4, 0.5) is 17.3 Å². The lowest BCUT2D eigenvalue weighted by Crippen LogP contribution is -2.42. The molecule has 3 aromatic rings. The van der Waals surface area contributed by atoms with E-state index in [1.165, 1.54) is 12.4 Å². The van der Waals surface area contributed by atoms with Crippen LogP contribution in [-0.4, -0.2) is 59.6 Å². The number of rotatable bonds is 7. The molecule has 1 saturated heterocycles. The number of hydrogen-bond acceptors (Lipinski definition) is 9. The minimum absolute atomic E-state index is 0.103. The number of nitrogens with zero attached hydrogens (tertiary/aromatic N) is 4. The second kappa shape index (κ2) is 9.21. The first-order valence-electron chi connectivity index (χ1n) is 9.55. The number of benzene rings is 1. The van der Waals surface area contributed by atoms with Gasteiger partial charge in [-0.05, 0) is 12.1 Å². The topological polar surface area (TPSA) is 133 Å². The van der Waals surface area contributed by atoms with Gasteiger partial charge in [-0.1, -0.05) is 6.07 Å². The molecule has 4 rings (SSSR count). The highest BCUT2D eigenvalue weighted by atomic mass is 16.5. The van der Waals surface area contributed by atoms with Gasteiger partial charge in [0.1, 0.15) is 17.6 Å². The Balaban J connectivity index is 1.54. The summed E-state index contributed by atoms with van der Waals surface area (Å²) < 4.78 is 11.3. The van der Waals surface area contributed by atoms with Crippen molar-refractivity contribution in [3.8, 4) is 23.1 Å².